The quantitative estimate of drug-likeness (QED) is 0.636. The Morgan fingerprint density at radius 3 is 2.31 bits per heavy atom. The first-order chi connectivity index (χ1) is 6.22. The number of carbonyl (C=O) groups is 1. The van der Waals surface area contributed by atoms with Gasteiger partial charge in [0.2, 0.25) is 0 Å². The van der Waals surface area contributed by atoms with Crippen molar-refractivity contribution in [3.8, 4) is 0 Å². The smallest absolute Gasteiger partial charge is 0.407 e. The van der Waals surface area contributed by atoms with Gasteiger partial charge in [0.05, 0.1) is 0 Å². The Morgan fingerprint density at radius 1 is 1.38 bits per heavy atom. The van der Waals surface area contributed by atoms with Crippen LogP contribution in [0.25, 0.3) is 0 Å². The van der Waals surface area contributed by atoms with Crippen LogP contribution < -0.4 is 5.32 Å². The summed E-state index contributed by atoms with van der Waals surface area (Å²) in [7, 11) is 1.96. The molecule has 4 nitrogen and oxygen atoms in total. The van der Waals surface area contributed by atoms with Crippen LogP contribution in [0.2, 0.25) is 0 Å². The van der Waals surface area contributed by atoms with Crippen LogP contribution in [0.4, 0.5) is 4.79 Å². The predicted octanol–water partition coefficient (Wildman–Crippen LogP) is 0.879. The van der Waals surface area contributed by atoms with Gasteiger partial charge in [-0.2, -0.15) is 0 Å². The fourth-order valence-electron chi connectivity index (χ4n) is 2.73. The maximum absolute atomic E-state index is 10.9. The molecule has 13 heavy (non-hydrogen) atoms. The van der Waals surface area contributed by atoms with Crippen LogP contribution in [0.1, 0.15) is 25.7 Å². The van der Waals surface area contributed by atoms with E-state index in [4.69, 9.17) is 5.11 Å². The third-order valence-corrected chi connectivity index (χ3v) is 3.36. The molecule has 0 aromatic rings. The summed E-state index contributed by atoms with van der Waals surface area (Å²) in [5.74, 6) is 0. The predicted molar refractivity (Wildman–Crippen MR) is 48.8 cm³/mol. The van der Waals surface area contributed by atoms with Crippen molar-refractivity contribution in [2.24, 2.45) is 0 Å². The lowest BCUT2D eigenvalue weighted by molar-refractivity contribution is 0.0933. The molecule has 2 N–H and O–H groups in total. The van der Waals surface area contributed by atoms with Crippen LogP contribution in [0.15, 0.2) is 0 Å². The molecule has 0 radical (unpaired) electrons. The van der Waals surface area contributed by atoms with Crippen molar-refractivity contribution < 1.29 is 9.90 Å². The molecular formula is C9H16N2O2. The summed E-state index contributed by atoms with van der Waals surface area (Å²) in [5.41, 5.74) is 0. The van der Waals surface area contributed by atoms with Crippen molar-refractivity contribution in [2.75, 3.05) is 7.05 Å². The van der Waals surface area contributed by atoms with E-state index < -0.39 is 6.09 Å². The van der Waals surface area contributed by atoms with Crippen molar-refractivity contribution in [3.63, 3.8) is 0 Å². The second kappa shape index (κ2) is 3.18. The van der Waals surface area contributed by atoms with E-state index in [1.807, 2.05) is 7.05 Å². The van der Waals surface area contributed by atoms with Gasteiger partial charge in [0.25, 0.3) is 0 Å². The van der Waals surface area contributed by atoms with Gasteiger partial charge in [0, 0.05) is 18.1 Å². The van der Waals surface area contributed by atoms with Gasteiger partial charge < -0.3 is 15.3 Å². The number of hydrogen-bond donors (Lipinski definition) is 2. The molecule has 4 heteroatoms. The number of fused-ring (bicyclic) bond motifs is 2. The number of hydrogen-bond acceptors (Lipinski definition) is 2. The standard InChI is InChI=1S/C9H16N2O2/c1-10-6-4-7-2-3-8(5-6)11(7)9(12)13/h6-8,10H,2-5H2,1H3,(H,12,13)/t6-,7-,8+. The van der Waals surface area contributed by atoms with Crippen molar-refractivity contribution in [3.05, 3.63) is 0 Å². The van der Waals surface area contributed by atoms with Gasteiger partial charge in [0.1, 0.15) is 0 Å². The molecular weight excluding hydrogens is 168 g/mol. The van der Waals surface area contributed by atoms with E-state index in [9.17, 15) is 4.79 Å². The van der Waals surface area contributed by atoms with E-state index in [0.717, 1.165) is 25.7 Å². The molecule has 0 aliphatic carbocycles. The molecule has 2 heterocycles. The van der Waals surface area contributed by atoms with Crippen LogP contribution in [0.3, 0.4) is 0 Å². The van der Waals surface area contributed by atoms with Crippen LogP contribution >= 0.6 is 0 Å². The minimum Gasteiger partial charge on any atom is -0.465 e. The number of piperidine rings is 1. The first-order valence-electron chi connectivity index (χ1n) is 4.91. The van der Waals surface area contributed by atoms with Crippen LogP contribution in [0.5, 0.6) is 0 Å². The molecule has 0 unspecified atom stereocenters. The Labute approximate surface area is 77.9 Å². The Kier molecular flexibility index (Phi) is 2.15. The van der Waals surface area contributed by atoms with E-state index >= 15 is 0 Å². The van der Waals surface area contributed by atoms with E-state index in [1.54, 1.807) is 4.90 Å². The summed E-state index contributed by atoms with van der Waals surface area (Å²) >= 11 is 0. The summed E-state index contributed by atoms with van der Waals surface area (Å²) < 4.78 is 0. The maximum Gasteiger partial charge on any atom is 0.407 e. The van der Waals surface area contributed by atoms with E-state index in [2.05, 4.69) is 5.32 Å². The molecule has 2 aliphatic rings. The van der Waals surface area contributed by atoms with Crippen molar-refractivity contribution in [2.45, 2.75) is 43.8 Å². The van der Waals surface area contributed by atoms with Gasteiger partial charge >= 0.3 is 6.09 Å². The minimum atomic E-state index is -0.734. The minimum absolute atomic E-state index is 0.272. The fraction of sp³-hybridized carbons (Fsp3) is 0.889. The van der Waals surface area contributed by atoms with Crippen LogP contribution in [0, 0.1) is 0 Å². The Balaban J connectivity index is 2.08. The van der Waals surface area contributed by atoms with Gasteiger partial charge in [-0.25, -0.2) is 4.79 Å². The molecule has 2 saturated heterocycles. The van der Waals surface area contributed by atoms with Crippen molar-refractivity contribution in [1.29, 1.82) is 0 Å². The van der Waals surface area contributed by atoms with Crippen LogP contribution in [-0.4, -0.2) is 41.3 Å². The highest BCUT2D eigenvalue weighted by Crippen LogP contribution is 2.35. The molecule has 2 rings (SSSR count). The van der Waals surface area contributed by atoms with Gasteiger partial charge in [-0.15, -0.1) is 0 Å². The molecule has 0 spiro atoms. The SMILES string of the molecule is CN[C@@H]1C[C@H]2CC[C@@H](C1)N2C(=O)O. The molecule has 0 aromatic heterocycles. The average Bonchev–Trinajstić information content (AvgIpc) is 2.37. The van der Waals surface area contributed by atoms with Gasteiger partial charge in [-0.1, -0.05) is 0 Å². The van der Waals surface area contributed by atoms with Gasteiger partial charge in [-0.3, -0.25) is 0 Å². The Bertz CT molecular complexity index is 206. The van der Waals surface area contributed by atoms with Crippen molar-refractivity contribution in [1.82, 2.24) is 10.2 Å². The summed E-state index contributed by atoms with van der Waals surface area (Å²) in [6.07, 6.45) is 3.34. The lowest BCUT2D eigenvalue weighted by Crippen LogP contribution is -2.50. The highest BCUT2D eigenvalue weighted by Gasteiger charge is 2.42. The second-order valence-electron chi connectivity index (χ2n) is 4.03. The van der Waals surface area contributed by atoms with E-state index in [1.165, 1.54) is 0 Å². The molecule has 0 saturated carbocycles. The molecule has 2 bridgehead atoms. The van der Waals surface area contributed by atoms with Gasteiger partial charge in [-0.05, 0) is 32.7 Å². The Morgan fingerprint density at radius 2 is 1.92 bits per heavy atom. The lowest BCUT2D eigenvalue weighted by atomic mass is 9.98. The topological polar surface area (TPSA) is 52.6 Å². The second-order valence-corrected chi connectivity index (χ2v) is 4.03. The normalized spacial score (nSPS) is 37.9. The van der Waals surface area contributed by atoms with Crippen molar-refractivity contribution >= 4 is 6.09 Å². The third kappa shape index (κ3) is 1.39. The van der Waals surface area contributed by atoms with E-state index in [-0.39, 0.29) is 12.1 Å². The molecule has 3 atom stereocenters. The number of amides is 1. The van der Waals surface area contributed by atoms with E-state index in [0.29, 0.717) is 6.04 Å². The van der Waals surface area contributed by atoms with Crippen LogP contribution in [-0.2, 0) is 0 Å². The highest BCUT2D eigenvalue weighted by atomic mass is 16.4. The fourth-order valence-corrected chi connectivity index (χ4v) is 2.73. The Hall–Kier alpha value is -0.770. The molecule has 74 valence electrons. The number of carboxylic acid groups (broad SMARTS) is 1. The summed E-state index contributed by atoms with van der Waals surface area (Å²) in [6, 6.07) is 1.07. The summed E-state index contributed by atoms with van der Waals surface area (Å²) in [6.45, 7) is 0. The number of nitrogens with zero attached hydrogens (tertiary/aromatic N) is 1. The largest absolute Gasteiger partial charge is 0.465 e. The monoisotopic (exact) mass is 184 g/mol. The van der Waals surface area contributed by atoms with Gasteiger partial charge in [0.15, 0.2) is 0 Å². The molecule has 1 amide bonds. The maximum atomic E-state index is 10.9. The molecule has 2 fully saturated rings. The first-order valence-corrected chi connectivity index (χ1v) is 4.91. The average molecular weight is 184 g/mol. The zero-order chi connectivity index (χ0) is 9.42. The zero-order valence-corrected chi connectivity index (χ0v) is 7.86. The third-order valence-electron chi connectivity index (χ3n) is 3.36. The number of rotatable bonds is 1. The first kappa shape index (κ1) is 8.81. The summed E-state index contributed by atoms with van der Waals surface area (Å²) in [5, 5.41) is 12.2. The zero-order valence-electron chi connectivity index (χ0n) is 7.86. The highest BCUT2D eigenvalue weighted by molar-refractivity contribution is 5.66. The molecule has 2 aliphatic heterocycles. The number of nitrogens with one attached hydrogen (secondary N) is 1. The summed E-state index contributed by atoms with van der Waals surface area (Å²) in [4.78, 5) is 12.6. The lowest BCUT2D eigenvalue weighted by Gasteiger charge is -2.36. The molecule has 0 aromatic carbocycles.